The fourth-order valence-corrected chi connectivity index (χ4v) is 4.06. The van der Waals surface area contributed by atoms with E-state index in [1.807, 2.05) is 37.3 Å². The lowest BCUT2D eigenvalue weighted by Gasteiger charge is -2.24. The average Bonchev–Trinajstić information content (AvgIpc) is 2.79. The van der Waals surface area contributed by atoms with Crippen molar-refractivity contribution < 1.29 is 0 Å². The van der Waals surface area contributed by atoms with Crippen molar-refractivity contribution in [3.63, 3.8) is 0 Å². The average molecular weight is 428 g/mol. The van der Waals surface area contributed by atoms with Crippen molar-refractivity contribution in [3.8, 4) is 0 Å². The highest BCUT2D eigenvalue weighted by atomic mass is 35.5. The highest BCUT2D eigenvalue weighted by molar-refractivity contribution is 6.32. The summed E-state index contributed by atoms with van der Waals surface area (Å²) in [5.41, 5.74) is 8.09. The standard InChI is InChI=1S/C29H30ClN/c1-5-11-24(6-2)29(27-14-8-9-15-28(27)30)25-16-18-26(19-17-25)31(7-3)21-23-13-10-12-22(4)20-23/h5-6,8-20H,2,7,21H2,1,3-4H3. The van der Waals surface area contributed by atoms with Gasteiger partial charge in [0.2, 0.25) is 0 Å². The minimum Gasteiger partial charge on any atom is -0.367 e. The molecule has 0 radical (unpaired) electrons. The maximum absolute atomic E-state index is 6.58. The van der Waals surface area contributed by atoms with Crippen LogP contribution in [-0.2, 0) is 6.54 Å². The van der Waals surface area contributed by atoms with Crippen molar-refractivity contribution in [2.45, 2.75) is 27.3 Å². The monoisotopic (exact) mass is 427 g/mol. The molecule has 0 saturated heterocycles. The first-order valence-corrected chi connectivity index (χ1v) is 11.1. The number of hydrogen-bond donors (Lipinski definition) is 0. The fraction of sp³-hybridized carbons (Fsp3) is 0.172. The molecule has 0 unspecified atom stereocenters. The van der Waals surface area contributed by atoms with Crippen LogP contribution >= 0.6 is 11.6 Å². The topological polar surface area (TPSA) is 3.24 Å². The lowest BCUT2D eigenvalue weighted by atomic mass is 9.92. The molecule has 0 saturated carbocycles. The van der Waals surface area contributed by atoms with Gasteiger partial charge in [-0.25, -0.2) is 0 Å². The van der Waals surface area contributed by atoms with Crippen LogP contribution < -0.4 is 4.90 Å². The third kappa shape index (κ3) is 5.57. The molecule has 1 nitrogen and oxygen atoms in total. The molecule has 0 aliphatic carbocycles. The molecule has 0 heterocycles. The van der Waals surface area contributed by atoms with Crippen LogP contribution in [0, 0.1) is 6.92 Å². The predicted molar refractivity (Wildman–Crippen MR) is 137 cm³/mol. The van der Waals surface area contributed by atoms with Gasteiger partial charge in [0.1, 0.15) is 0 Å². The number of nitrogens with zero attached hydrogens (tertiary/aromatic N) is 1. The van der Waals surface area contributed by atoms with Crippen LogP contribution in [0.5, 0.6) is 0 Å². The van der Waals surface area contributed by atoms with Crippen LogP contribution in [-0.4, -0.2) is 6.54 Å². The highest BCUT2D eigenvalue weighted by Crippen LogP contribution is 2.34. The highest BCUT2D eigenvalue weighted by Gasteiger charge is 2.13. The van der Waals surface area contributed by atoms with Crippen LogP contribution in [0.15, 0.2) is 103 Å². The van der Waals surface area contributed by atoms with E-state index in [1.165, 1.54) is 16.8 Å². The van der Waals surface area contributed by atoms with Gasteiger partial charge in [-0.05, 0) is 61.2 Å². The van der Waals surface area contributed by atoms with Crippen molar-refractivity contribution in [1.82, 2.24) is 0 Å². The number of hydrogen-bond acceptors (Lipinski definition) is 1. The van der Waals surface area contributed by atoms with Crippen molar-refractivity contribution in [2.24, 2.45) is 0 Å². The van der Waals surface area contributed by atoms with Crippen molar-refractivity contribution >= 4 is 22.9 Å². The van der Waals surface area contributed by atoms with Gasteiger partial charge in [0.05, 0.1) is 0 Å². The first kappa shape index (κ1) is 22.7. The first-order chi connectivity index (χ1) is 15.1. The Morgan fingerprint density at radius 2 is 1.74 bits per heavy atom. The number of aryl methyl sites for hydroxylation is 1. The van der Waals surface area contributed by atoms with Gasteiger partial charge in [0.25, 0.3) is 0 Å². The molecular weight excluding hydrogens is 398 g/mol. The molecule has 0 fully saturated rings. The van der Waals surface area contributed by atoms with Crippen molar-refractivity contribution in [1.29, 1.82) is 0 Å². The fourth-order valence-electron chi connectivity index (χ4n) is 3.83. The minimum atomic E-state index is 0.736. The molecule has 0 amide bonds. The molecule has 0 bridgehead atoms. The molecule has 0 aromatic heterocycles. The third-order valence-corrected chi connectivity index (χ3v) is 5.69. The Hall–Kier alpha value is -3.03. The van der Waals surface area contributed by atoms with Gasteiger partial charge in [-0.3, -0.25) is 0 Å². The zero-order chi connectivity index (χ0) is 22.2. The Kier molecular flexibility index (Phi) is 7.92. The summed E-state index contributed by atoms with van der Waals surface area (Å²) >= 11 is 6.58. The Bertz CT molecular complexity index is 1090. The Labute approximate surface area is 192 Å². The third-order valence-electron chi connectivity index (χ3n) is 5.36. The Morgan fingerprint density at radius 3 is 2.35 bits per heavy atom. The van der Waals surface area contributed by atoms with E-state index < -0.39 is 0 Å². The van der Waals surface area contributed by atoms with E-state index in [9.17, 15) is 0 Å². The van der Waals surface area contributed by atoms with Crippen LogP contribution in [0.1, 0.15) is 36.1 Å². The zero-order valence-electron chi connectivity index (χ0n) is 18.6. The van der Waals surface area contributed by atoms with E-state index in [4.69, 9.17) is 11.6 Å². The number of benzene rings is 3. The van der Waals surface area contributed by atoms with Crippen LogP contribution in [0.25, 0.3) is 5.57 Å². The van der Waals surface area contributed by atoms with E-state index >= 15 is 0 Å². The van der Waals surface area contributed by atoms with E-state index in [0.717, 1.165) is 40.4 Å². The maximum atomic E-state index is 6.58. The largest absolute Gasteiger partial charge is 0.367 e. The number of allylic oxidation sites excluding steroid dienone is 4. The predicted octanol–water partition coefficient (Wildman–Crippen LogP) is 8.24. The summed E-state index contributed by atoms with van der Waals surface area (Å²) in [6.07, 6.45) is 6.00. The van der Waals surface area contributed by atoms with E-state index in [1.54, 1.807) is 0 Å². The minimum absolute atomic E-state index is 0.736. The molecule has 2 heteroatoms. The number of rotatable bonds is 8. The van der Waals surface area contributed by atoms with Crippen molar-refractivity contribution in [2.75, 3.05) is 11.4 Å². The summed E-state index contributed by atoms with van der Waals surface area (Å²) in [5, 5.41) is 0.736. The van der Waals surface area contributed by atoms with Crippen molar-refractivity contribution in [3.05, 3.63) is 130 Å². The van der Waals surface area contributed by atoms with Gasteiger partial charge in [0, 0.05) is 29.4 Å². The molecule has 0 spiro atoms. The molecule has 0 N–H and O–H groups in total. The summed E-state index contributed by atoms with van der Waals surface area (Å²) in [7, 11) is 0. The Balaban J connectivity index is 1.99. The second-order valence-corrected chi connectivity index (χ2v) is 7.97. The SMILES string of the molecule is C=CC(C=CC)=C(c1ccc(N(CC)Cc2cccc(C)c2)cc1)c1ccccc1Cl. The summed E-state index contributed by atoms with van der Waals surface area (Å²) in [4.78, 5) is 2.39. The molecule has 0 atom stereocenters. The van der Waals surface area contributed by atoms with Gasteiger partial charge in [-0.15, -0.1) is 0 Å². The van der Waals surface area contributed by atoms with Crippen LogP contribution in [0.4, 0.5) is 5.69 Å². The van der Waals surface area contributed by atoms with Gasteiger partial charge >= 0.3 is 0 Å². The number of anilines is 1. The second kappa shape index (κ2) is 10.8. The van der Waals surface area contributed by atoms with E-state index in [-0.39, 0.29) is 0 Å². The van der Waals surface area contributed by atoms with Crippen LogP contribution in [0.3, 0.4) is 0 Å². The van der Waals surface area contributed by atoms with Gasteiger partial charge in [-0.2, -0.15) is 0 Å². The number of halogens is 1. The molecule has 0 aliphatic heterocycles. The van der Waals surface area contributed by atoms with Gasteiger partial charge in [-0.1, -0.05) is 96.6 Å². The lowest BCUT2D eigenvalue weighted by molar-refractivity contribution is 0.831. The van der Waals surface area contributed by atoms with E-state index in [0.29, 0.717) is 0 Å². The van der Waals surface area contributed by atoms with Crippen LogP contribution in [0.2, 0.25) is 5.02 Å². The zero-order valence-corrected chi connectivity index (χ0v) is 19.4. The Morgan fingerprint density at radius 1 is 1.00 bits per heavy atom. The smallest absolute Gasteiger partial charge is 0.0484 e. The summed E-state index contributed by atoms with van der Waals surface area (Å²) in [6, 6.07) is 25.4. The lowest BCUT2D eigenvalue weighted by Crippen LogP contribution is -2.21. The first-order valence-electron chi connectivity index (χ1n) is 10.7. The van der Waals surface area contributed by atoms with Gasteiger partial charge in [0.15, 0.2) is 0 Å². The van der Waals surface area contributed by atoms with Gasteiger partial charge < -0.3 is 4.90 Å². The molecule has 31 heavy (non-hydrogen) atoms. The second-order valence-electron chi connectivity index (χ2n) is 7.56. The summed E-state index contributed by atoms with van der Waals surface area (Å²) < 4.78 is 0. The maximum Gasteiger partial charge on any atom is 0.0484 e. The summed E-state index contributed by atoms with van der Waals surface area (Å²) in [6.45, 7) is 12.2. The normalized spacial score (nSPS) is 12.0. The molecular formula is C29H30ClN. The van der Waals surface area contributed by atoms with E-state index in [2.05, 4.69) is 86.0 Å². The quantitative estimate of drug-likeness (QED) is 0.327. The molecule has 158 valence electrons. The summed E-state index contributed by atoms with van der Waals surface area (Å²) in [5.74, 6) is 0. The molecule has 3 aromatic carbocycles. The molecule has 0 aliphatic rings. The molecule has 3 rings (SSSR count). The molecule has 3 aromatic rings.